The molecular weight excluding hydrogens is 542 g/mol. The lowest BCUT2D eigenvalue weighted by molar-refractivity contribution is -0.143. The van der Waals surface area contributed by atoms with Gasteiger partial charge in [0.05, 0.1) is 5.04 Å². The third kappa shape index (κ3) is 7.40. The molecule has 0 bridgehead atoms. The lowest BCUT2D eigenvalue weighted by atomic mass is 9.97. The van der Waals surface area contributed by atoms with Crippen LogP contribution >= 0.6 is 39.5 Å². The zero-order chi connectivity index (χ0) is 24.6. The van der Waals surface area contributed by atoms with Crippen molar-refractivity contribution in [2.75, 3.05) is 13.2 Å². The topological polar surface area (TPSA) is 56.6 Å². The summed E-state index contributed by atoms with van der Waals surface area (Å²) in [4.78, 5) is 15.8. The molecule has 0 saturated heterocycles. The third-order valence-electron chi connectivity index (χ3n) is 5.57. The van der Waals surface area contributed by atoms with Crippen molar-refractivity contribution in [2.45, 2.75) is 61.6 Å². The zero-order valence-corrected chi connectivity index (χ0v) is 23.5. The molecule has 184 valence electrons. The van der Waals surface area contributed by atoms with Crippen LogP contribution < -0.4 is 0 Å². The summed E-state index contributed by atoms with van der Waals surface area (Å²) in [5, 5.41) is 1.73. The Morgan fingerprint density at radius 2 is 1.86 bits per heavy atom. The summed E-state index contributed by atoms with van der Waals surface area (Å²) in [6, 6.07) is 18.8. The van der Waals surface area contributed by atoms with E-state index in [4.69, 9.17) is 24.4 Å². The van der Waals surface area contributed by atoms with E-state index in [9.17, 15) is 0 Å². The van der Waals surface area contributed by atoms with Gasteiger partial charge in [0.25, 0.3) is 0 Å². The molecule has 1 aromatic heterocycles. The lowest BCUT2D eigenvalue weighted by Crippen LogP contribution is -2.11. The summed E-state index contributed by atoms with van der Waals surface area (Å²) >= 11 is 6.95. The van der Waals surface area contributed by atoms with Crippen molar-refractivity contribution in [2.24, 2.45) is 4.99 Å². The summed E-state index contributed by atoms with van der Waals surface area (Å²) in [6.07, 6.45) is 1.42. The van der Waals surface area contributed by atoms with Crippen LogP contribution in [0.5, 0.6) is 0 Å². The van der Waals surface area contributed by atoms with E-state index in [0.29, 0.717) is 35.8 Å². The highest BCUT2D eigenvalue weighted by atomic mass is 79.9. The molecule has 8 heteroatoms. The van der Waals surface area contributed by atoms with E-state index in [1.807, 2.05) is 38.1 Å². The Morgan fingerprint density at radius 3 is 2.60 bits per heavy atom. The van der Waals surface area contributed by atoms with Gasteiger partial charge in [0.2, 0.25) is 6.29 Å². The van der Waals surface area contributed by atoms with Gasteiger partial charge in [-0.05, 0) is 55.9 Å². The molecule has 35 heavy (non-hydrogen) atoms. The van der Waals surface area contributed by atoms with Crippen LogP contribution in [0.3, 0.4) is 0 Å². The van der Waals surface area contributed by atoms with Crippen LogP contribution in [0, 0.1) is 0 Å². The average molecular weight is 573 g/mol. The van der Waals surface area contributed by atoms with Crippen molar-refractivity contribution >= 4 is 50.3 Å². The Bertz CT molecular complexity index is 1150. The first-order chi connectivity index (χ1) is 17.1. The van der Waals surface area contributed by atoms with Gasteiger partial charge in [0.15, 0.2) is 11.0 Å². The molecule has 2 aromatic carbocycles. The minimum absolute atomic E-state index is 0.483. The predicted molar refractivity (Wildman–Crippen MR) is 149 cm³/mol. The number of aromatic nitrogens is 2. The Hall–Kier alpha value is -1.71. The van der Waals surface area contributed by atoms with E-state index in [1.165, 1.54) is 16.0 Å². The smallest absolute Gasteiger partial charge is 0.201 e. The molecule has 0 radical (unpaired) electrons. The monoisotopic (exact) mass is 571 g/mol. The van der Waals surface area contributed by atoms with Gasteiger partial charge >= 0.3 is 0 Å². The van der Waals surface area contributed by atoms with Crippen molar-refractivity contribution < 1.29 is 9.47 Å². The van der Waals surface area contributed by atoms with Crippen LogP contribution in [0.15, 0.2) is 74.1 Å². The number of fused-ring (bicyclic) bond motifs is 1. The number of ether oxygens (including phenoxy) is 2. The van der Waals surface area contributed by atoms with Crippen molar-refractivity contribution in [3.8, 4) is 0 Å². The number of nitrogens with zero attached hydrogens (tertiary/aromatic N) is 3. The van der Waals surface area contributed by atoms with Crippen LogP contribution in [0.25, 0.3) is 0 Å². The van der Waals surface area contributed by atoms with Gasteiger partial charge in [-0.1, -0.05) is 82.8 Å². The highest BCUT2D eigenvalue weighted by Gasteiger charge is 2.21. The fourth-order valence-corrected chi connectivity index (χ4v) is 6.31. The molecule has 0 amide bonds. The largest absolute Gasteiger partial charge is 0.347 e. The molecule has 1 unspecified atom stereocenters. The Kier molecular flexibility index (Phi) is 9.80. The van der Waals surface area contributed by atoms with Crippen LogP contribution in [0.2, 0.25) is 0 Å². The number of halogens is 1. The molecule has 1 aliphatic rings. The highest BCUT2D eigenvalue weighted by Crippen LogP contribution is 2.39. The van der Waals surface area contributed by atoms with E-state index in [-0.39, 0.29) is 0 Å². The maximum atomic E-state index is 5.84. The van der Waals surface area contributed by atoms with E-state index >= 15 is 0 Å². The maximum absolute atomic E-state index is 5.84. The van der Waals surface area contributed by atoms with Gasteiger partial charge < -0.3 is 9.47 Å². The molecule has 0 fully saturated rings. The fraction of sp³-hybridized carbons (Fsp3) is 0.370. The van der Waals surface area contributed by atoms with Crippen molar-refractivity contribution in [3.05, 3.63) is 75.9 Å². The standard InChI is InChI=1S/C27H30BrN3O2S2/c1-4-32-26(33-5-2)22-16-24(31-27(29-22)34-17-19-9-7-6-8-10-19)30-25-14-11-18(3)21-13-12-20(28)15-23(21)35-25/h6-10,12-13,15-16,18,26H,4-5,11,14,17H2,1-3H3. The van der Waals surface area contributed by atoms with Crippen molar-refractivity contribution in [1.82, 2.24) is 9.97 Å². The molecule has 2 heterocycles. The first-order valence-corrected chi connectivity index (χ1v) is 14.5. The summed E-state index contributed by atoms with van der Waals surface area (Å²) in [7, 11) is 0. The molecule has 4 rings (SSSR count). The Labute approximate surface area is 224 Å². The fourth-order valence-electron chi connectivity index (χ4n) is 3.80. The Balaban J connectivity index is 1.66. The molecular formula is C27H30BrN3O2S2. The van der Waals surface area contributed by atoms with Crippen molar-refractivity contribution in [1.29, 1.82) is 0 Å². The zero-order valence-electron chi connectivity index (χ0n) is 20.2. The quantitative estimate of drug-likeness (QED) is 0.146. The average Bonchev–Trinajstić information content (AvgIpc) is 3.01. The molecule has 0 aliphatic carbocycles. The molecule has 0 saturated carbocycles. The van der Waals surface area contributed by atoms with Gasteiger partial charge in [0, 0.05) is 34.4 Å². The normalized spacial score (nSPS) is 16.9. The number of thioether (sulfide) groups is 2. The van der Waals surface area contributed by atoms with E-state index in [0.717, 1.165) is 28.1 Å². The van der Waals surface area contributed by atoms with E-state index < -0.39 is 6.29 Å². The number of hydrogen-bond donors (Lipinski definition) is 0. The second-order valence-corrected chi connectivity index (χ2v) is 11.2. The Morgan fingerprint density at radius 1 is 1.09 bits per heavy atom. The van der Waals surface area contributed by atoms with Gasteiger partial charge in [0.1, 0.15) is 5.69 Å². The second-order valence-electron chi connectivity index (χ2n) is 8.18. The van der Waals surface area contributed by atoms with E-state index in [2.05, 4.69) is 53.2 Å². The number of rotatable bonds is 9. The minimum atomic E-state index is -0.540. The molecule has 1 atom stereocenters. The molecule has 1 aliphatic heterocycles. The van der Waals surface area contributed by atoms with Gasteiger partial charge in [-0.15, -0.1) is 0 Å². The molecule has 0 N–H and O–H groups in total. The summed E-state index contributed by atoms with van der Waals surface area (Å²) in [5.41, 5.74) is 3.30. The summed E-state index contributed by atoms with van der Waals surface area (Å²) in [5.74, 6) is 1.90. The molecule has 5 nitrogen and oxygen atoms in total. The number of aliphatic imine (C=N–C) groups is 1. The van der Waals surface area contributed by atoms with Crippen LogP contribution in [0.4, 0.5) is 5.82 Å². The second kappa shape index (κ2) is 13.0. The maximum Gasteiger partial charge on any atom is 0.201 e. The first-order valence-electron chi connectivity index (χ1n) is 11.9. The predicted octanol–water partition coefficient (Wildman–Crippen LogP) is 8.32. The lowest BCUT2D eigenvalue weighted by Gasteiger charge is -2.17. The third-order valence-corrected chi connectivity index (χ3v) is 8.08. The molecule has 3 aromatic rings. The van der Waals surface area contributed by atoms with Gasteiger partial charge in [-0.25, -0.2) is 15.0 Å². The van der Waals surface area contributed by atoms with Gasteiger partial charge in [-0.2, -0.15) is 0 Å². The SMILES string of the molecule is CCOC(OCC)c1cc(N=C2CCC(C)c3ccc(Br)cc3S2)nc(SCc2ccccc2)n1. The first kappa shape index (κ1) is 26.4. The van der Waals surface area contributed by atoms with Gasteiger partial charge in [-0.3, -0.25) is 0 Å². The number of benzene rings is 2. The van der Waals surface area contributed by atoms with Crippen LogP contribution in [-0.4, -0.2) is 28.2 Å². The summed E-state index contributed by atoms with van der Waals surface area (Å²) in [6.45, 7) is 7.26. The molecule has 0 spiro atoms. The summed E-state index contributed by atoms with van der Waals surface area (Å²) < 4.78 is 12.8. The number of hydrogen-bond acceptors (Lipinski definition) is 7. The van der Waals surface area contributed by atoms with Crippen molar-refractivity contribution in [3.63, 3.8) is 0 Å². The van der Waals surface area contributed by atoms with Crippen LogP contribution in [-0.2, 0) is 15.2 Å². The highest BCUT2D eigenvalue weighted by molar-refractivity contribution is 9.10. The van der Waals surface area contributed by atoms with Crippen LogP contribution in [0.1, 0.15) is 62.6 Å². The van der Waals surface area contributed by atoms with E-state index in [1.54, 1.807) is 23.5 Å². The minimum Gasteiger partial charge on any atom is -0.347 e.